The molecule has 2 rings (SSSR count). The van der Waals surface area contributed by atoms with Crippen LogP contribution in [0.5, 0.6) is 0 Å². The lowest BCUT2D eigenvalue weighted by atomic mass is 10.00. The first-order chi connectivity index (χ1) is 9.95. The second kappa shape index (κ2) is 6.56. The van der Waals surface area contributed by atoms with Crippen molar-refractivity contribution in [3.05, 3.63) is 29.3 Å². The number of benzene rings is 1. The van der Waals surface area contributed by atoms with Crippen LogP contribution in [0.2, 0.25) is 0 Å². The highest BCUT2D eigenvalue weighted by Gasteiger charge is 2.26. The van der Waals surface area contributed by atoms with Gasteiger partial charge in [-0.3, -0.25) is 0 Å². The normalized spacial score (nSPS) is 19.4. The van der Waals surface area contributed by atoms with Crippen molar-refractivity contribution in [3.8, 4) is 6.07 Å². The van der Waals surface area contributed by atoms with E-state index in [1.165, 1.54) is 10.4 Å². The Morgan fingerprint density at radius 1 is 1.48 bits per heavy atom. The van der Waals surface area contributed by atoms with Crippen LogP contribution in [0.15, 0.2) is 23.1 Å². The number of nitrogens with one attached hydrogen (secondary N) is 1. The van der Waals surface area contributed by atoms with Crippen molar-refractivity contribution in [2.45, 2.75) is 24.7 Å². The molecule has 1 N–H and O–H groups in total. The fourth-order valence-electron chi connectivity index (χ4n) is 2.72. The monoisotopic (exact) mass is 307 g/mol. The van der Waals surface area contributed by atoms with Crippen molar-refractivity contribution >= 4 is 10.0 Å². The van der Waals surface area contributed by atoms with Gasteiger partial charge in [0.25, 0.3) is 0 Å². The van der Waals surface area contributed by atoms with Crippen LogP contribution in [0.25, 0.3) is 0 Å². The standard InChI is InChI=1S/C15H21N3O2S/c1-12-8-13(9-16)5-6-15(12)21(19,20)18(2)11-14-4-3-7-17-10-14/h5-6,8,14,17H,3-4,7,10-11H2,1-2H3. The Bertz CT molecular complexity index is 643. The summed E-state index contributed by atoms with van der Waals surface area (Å²) in [5, 5.41) is 12.2. The van der Waals surface area contributed by atoms with Crippen molar-refractivity contribution < 1.29 is 8.42 Å². The molecule has 1 aromatic carbocycles. The Balaban J connectivity index is 2.18. The molecule has 0 spiro atoms. The van der Waals surface area contributed by atoms with E-state index in [0.29, 0.717) is 23.6 Å². The number of piperidine rings is 1. The van der Waals surface area contributed by atoms with E-state index in [1.807, 2.05) is 6.07 Å². The molecule has 1 saturated heterocycles. The predicted molar refractivity (Wildman–Crippen MR) is 81.3 cm³/mol. The third-order valence-electron chi connectivity index (χ3n) is 3.91. The van der Waals surface area contributed by atoms with Gasteiger partial charge in [0.1, 0.15) is 0 Å². The smallest absolute Gasteiger partial charge is 0.243 e. The van der Waals surface area contributed by atoms with Crippen LogP contribution in [-0.4, -0.2) is 39.4 Å². The van der Waals surface area contributed by atoms with Crippen molar-refractivity contribution in [2.75, 3.05) is 26.7 Å². The average molecular weight is 307 g/mol. The summed E-state index contributed by atoms with van der Waals surface area (Å²) >= 11 is 0. The fraction of sp³-hybridized carbons (Fsp3) is 0.533. The molecule has 1 atom stereocenters. The van der Waals surface area contributed by atoms with Crippen molar-refractivity contribution in [3.63, 3.8) is 0 Å². The van der Waals surface area contributed by atoms with Crippen LogP contribution in [-0.2, 0) is 10.0 Å². The number of aryl methyl sites for hydroxylation is 1. The molecule has 6 heteroatoms. The lowest BCUT2D eigenvalue weighted by Crippen LogP contribution is -2.39. The molecule has 114 valence electrons. The van der Waals surface area contributed by atoms with E-state index in [-0.39, 0.29) is 4.90 Å². The molecule has 1 unspecified atom stereocenters. The molecule has 1 aliphatic rings. The van der Waals surface area contributed by atoms with Gasteiger partial charge in [-0.05, 0) is 62.5 Å². The van der Waals surface area contributed by atoms with Gasteiger partial charge in [-0.1, -0.05) is 0 Å². The number of rotatable bonds is 4. The largest absolute Gasteiger partial charge is 0.316 e. The second-order valence-electron chi connectivity index (χ2n) is 5.59. The molecule has 0 saturated carbocycles. The number of hydrogen-bond acceptors (Lipinski definition) is 4. The highest BCUT2D eigenvalue weighted by Crippen LogP contribution is 2.22. The summed E-state index contributed by atoms with van der Waals surface area (Å²) in [7, 11) is -1.87. The molecule has 0 aliphatic carbocycles. The van der Waals surface area contributed by atoms with Gasteiger partial charge < -0.3 is 5.32 Å². The molecule has 1 fully saturated rings. The third-order valence-corrected chi connectivity index (χ3v) is 5.89. The summed E-state index contributed by atoms with van der Waals surface area (Å²) in [6.07, 6.45) is 2.15. The van der Waals surface area contributed by atoms with Crippen molar-refractivity contribution in [1.82, 2.24) is 9.62 Å². The number of nitriles is 1. The molecule has 1 aromatic rings. The topological polar surface area (TPSA) is 73.2 Å². The molecule has 0 aromatic heterocycles. The van der Waals surface area contributed by atoms with E-state index in [4.69, 9.17) is 5.26 Å². The van der Waals surface area contributed by atoms with Crippen LogP contribution in [0.3, 0.4) is 0 Å². The van der Waals surface area contributed by atoms with Crippen LogP contribution in [0.1, 0.15) is 24.0 Å². The quantitative estimate of drug-likeness (QED) is 0.914. The van der Waals surface area contributed by atoms with E-state index in [0.717, 1.165) is 25.9 Å². The molecule has 21 heavy (non-hydrogen) atoms. The maximum atomic E-state index is 12.6. The Morgan fingerprint density at radius 3 is 2.81 bits per heavy atom. The van der Waals surface area contributed by atoms with Gasteiger partial charge in [0.2, 0.25) is 10.0 Å². The molecule has 0 radical (unpaired) electrons. The lowest BCUT2D eigenvalue weighted by molar-refractivity contribution is 0.314. The van der Waals surface area contributed by atoms with E-state index in [2.05, 4.69) is 5.32 Å². The van der Waals surface area contributed by atoms with Crippen LogP contribution in [0, 0.1) is 24.2 Å². The number of sulfonamides is 1. The zero-order valence-electron chi connectivity index (χ0n) is 12.5. The van der Waals surface area contributed by atoms with Gasteiger partial charge in [0, 0.05) is 13.6 Å². The minimum atomic E-state index is -3.50. The summed E-state index contributed by atoms with van der Waals surface area (Å²) in [5.41, 5.74) is 1.09. The Kier molecular flexibility index (Phi) is 4.99. The zero-order valence-corrected chi connectivity index (χ0v) is 13.3. The van der Waals surface area contributed by atoms with Gasteiger partial charge >= 0.3 is 0 Å². The molecule has 0 amide bonds. The average Bonchev–Trinajstić information content (AvgIpc) is 2.47. The summed E-state index contributed by atoms with van der Waals surface area (Å²) in [6.45, 7) is 4.13. The molecule has 1 heterocycles. The summed E-state index contributed by atoms with van der Waals surface area (Å²) < 4.78 is 26.7. The minimum absolute atomic E-state index is 0.285. The fourth-order valence-corrected chi connectivity index (χ4v) is 4.17. The minimum Gasteiger partial charge on any atom is -0.316 e. The van der Waals surface area contributed by atoms with Crippen LogP contribution >= 0.6 is 0 Å². The van der Waals surface area contributed by atoms with Crippen molar-refractivity contribution in [2.24, 2.45) is 5.92 Å². The molecule has 5 nitrogen and oxygen atoms in total. The van der Waals surface area contributed by atoms with E-state index < -0.39 is 10.0 Å². The van der Waals surface area contributed by atoms with Gasteiger partial charge in [-0.2, -0.15) is 5.26 Å². The van der Waals surface area contributed by atoms with Crippen LogP contribution in [0.4, 0.5) is 0 Å². The highest BCUT2D eigenvalue weighted by molar-refractivity contribution is 7.89. The van der Waals surface area contributed by atoms with E-state index >= 15 is 0 Å². The van der Waals surface area contributed by atoms with Gasteiger partial charge in [-0.25, -0.2) is 12.7 Å². The highest BCUT2D eigenvalue weighted by atomic mass is 32.2. The number of nitrogens with zero attached hydrogens (tertiary/aromatic N) is 2. The van der Waals surface area contributed by atoms with Gasteiger partial charge in [-0.15, -0.1) is 0 Å². The first kappa shape index (κ1) is 16.0. The first-order valence-corrected chi connectivity index (χ1v) is 8.57. The Morgan fingerprint density at radius 2 is 2.24 bits per heavy atom. The maximum absolute atomic E-state index is 12.6. The molecular formula is C15H21N3O2S. The van der Waals surface area contributed by atoms with E-state index in [1.54, 1.807) is 26.1 Å². The summed E-state index contributed by atoms with van der Waals surface area (Å²) in [6, 6.07) is 6.72. The summed E-state index contributed by atoms with van der Waals surface area (Å²) in [5.74, 6) is 0.359. The molecular weight excluding hydrogens is 286 g/mol. The Hall–Kier alpha value is -1.42. The second-order valence-corrected chi connectivity index (χ2v) is 7.60. The predicted octanol–water partition coefficient (Wildman–Crippen LogP) is 1.49. The van der Waals surface area contributed by atoms with Crippen molar-refractivity contribution in [1.29, 1.82) is 5.26 Å². The molecule has 1 aliphatic heterocycles. The zero-order chi connectivity index (χ0) is 15.5. The Labute approximate surface area is 126 Å². The molecule has 0 bridgehead atoms. The first-order valence-electron chi connectivity index (χ1n) is 7.13. The lowest BCUT2D eigenvalue weighted by Gasteiger charge is -2.27. The number of hydrogen-bond donors (Lipinski definition) is 1. The third kappa shape index (κ3) is 3.62. The van der Waals surface area contributed by atoms with Gasteiger partial charge in [0.05, 0.1) is 16.5 Å². The van der Waals surface area contributed by atoms with Crippen LogP contribution < -0.4 is 5.32 Å². The van der Waals surface area contributed by atoms with E-state index in [9.17, 15) is 8.42 Å². The SMILES string of the molecule is Cc1cc(C#N)ccc1S(=O)(=O)N(C)CC1CCCNC1. The van der Waals surface area contributed by atoms with Gasteiger partial charge in [0.15, 0.2) is 0 Å². The summed E-state index contributed by atoms with van der Waals surface area (Å²) in [4.78, 5) is 0.285. The maximum Gasteiger partial charge on any atom is 0.243 e.